The second kappa shape index (κ2) is 1.97. The maximum Gasteiger partial charge on any atom is -0.00566 e. The van der Waals surface area contributed by atoms with Crippen LogP contribution in [0, 0.1) is 6.92 Å². The Morgan fingerprint density at radius 1 is 1.43 bits per heavy atom. The predicted octanol–water partition coefficient (Wildman–Crippen LogP) is 1.97. The molecule has 0 saturated heterocycles. The van der Waals surface area contributed by atoms with E-state index in [2.05, 4.69) is 12.2 Å². The molecule has 0 aromatic heterocycles. The molecule has 0 amide bonds. The van der Waals surface area contributed by atoms with Crippen molar-refractivity contribution in [3.8, 4) is 0 Å². The van der Waals surface area contributed by atoms with Crippen LogP contribution in [0.25, 0.3) is 0 Å². The van der Waals surface area contributed by atoms with Crippen molar-refractivity contribution >= 4 is 0 Å². The number of hydrogen-bond acceptors (Lipinski definition) is 0. The van der Waals surface area contributed by atoms with Crippen molar-refractivity contribution in [1.29, 1.82) is 0 Å². The third kappa shape index (κ3) is 1.19. The number of allylic oxidation sites excluding steroid dienone is 4. The lowest BCUT2D eigenvalue weighted by atomic mass is 10.1. The molecule has 1 aliphatic rings. The molecule has 0 heteroatoms. The molecule has 0 unspecified atom stereocenters. The van der Waals surface area contributed by atoms with Crippen molar-refractivity contribution in [1.82, 2.24) is 0 Å². The molecule has 0 nitrogen and oxygen atoms in total. The monoisotopic (exact) mass is 92.1 g/mol. The van der Waals surface area contributed by atoms with Gasteiger partial charge in [0.1, 0.15) is 0 Å². The number of hydrogen-bond donors (Lipinski definition) is 0. The van der Waals surface area contributed by atoms with Crippen LogP contribution in [0.15, 0.2) is 23.8 Å². The molecule has 0 aliphatic heterocycles. The average Bonchev–Trinajstić information content (AvgIpc) is 1.69. The van der Waals surface area contributed by atoms with E-state index in [9.17, 15) is 0 Å². The summed E-state index contributed by atoms with van der Waals surface area (Å²) in [6.07, 6.45) is 8.22. The van der Waals surface area contributed by atoms with Gasteiger partial charge in [-0.05, 0) is 19.8 Å². The van der Waals surface area contributed by atoms with E-state index < -0.39 is 0 Å². The lowest BCUT2D eigenvalue weighted by molar-refractivity contribution is 1.16. The minimum Gasteiger partial charge on any atom is -0.0844 e. The Morgan fingerprint density at radius 2 is 2.29 bits per heavy atom. The second-order valence-corrected chi connectivity index (χ2v) is 1.69. The van der Waals surface area contributed by atoms with Gasteiger partial charge in [0.05, 0.1) is 0 Å². The van der Waals surface area contributed by atoms with E-state index in [0.717, 1.165) is 18.4 Å². The van der Waals surface area contributed by atoms with Gasteiger partial charge in [-0.15, -0.1) is 0 Å². The molecule has 0 saturated carbocycles. The molecule has 1 rings (SSSR count). The summed E-state index contributed by atoms with van der Waals surface area (Å²) in [5.41, 5.74) is 1.00. The van der Waals surface area contributed by atoms with Gasteiger partial charge in [0.15, 0.2) is 0 Å². The molecular weight excluding hydrogens is 84.1 g/mol. The van der Waals surface area contributed by atoms with Crippen molar-refractivity contribution in [2.24, 2.45) is 0 Å². The van der Waals surface area contributed by atoms with Gasteiger partial charge in [0, 0.05) is 0 Å². The van der Waals surface area contributed by atoms with Crippen molar-refractivity contribution in [2.45, 2.75) is 12.8 Å². The summed E-state index contributed by atoms with van der Waals surface area (Å²) < 4.78 is 0. The largest absolute Gasteiger partial charge is 0.0844 e. The highest BCUT2D eigenvalue weighted by molar-refractivity contribution is 5.16. The van der Waals surface area contributed by atoms with Crippen LogP contribution in [0.1, 0.15) is 12.8 Å². The Labute approximate surface area is 44.5 Å². The molecule has 1 aliphatic carbocycles. The smallest absolute Gasteiger partial charge is 0.00566 e. The fourth-order valence-electron chi connectivity index (χ4n) is 0.618. The standard InChI is InChI=1S/C7H8/c1-7-5-3-2-4-6-7/h1-3,6H,4-5H2. The third-order valence-corrected chi connectivity index (χ3v) is 1.04. The summed E-state index contributed by atoms with van der Waals surface area (Å²) in [5.74, 6) is 0. The average molecular weight is 92.1 g/mol. The number of rotatable bonds is 0. The van der Waals surface area contributed by atoms with Gasteiger partial charge in [0.25, 0.3) is 0 Å². The summed E-state index contributed by atoms with van der Waals surface area (Å²) in [5, 5.41) is 0. The van der Waals surface area contributed by atoms with Crippen LogP contribution in [-0.4, -0.2) is 0 Å². The summed E-state index contributed by atoms with van der Waals surface area (Å²) in [6, 6.07) is 0. The Balaban J connectivity index is 2.50. The van der Waals surface area contributed by atoms with Crippen molar-refractivity contribution in [2.75, 3.05) is 0 Å². The molecule has 7 heavy (non-hydrogen) atoms. The zero-order chi connectivity index (χ0) is 5.11. The van der Waals surface area contributed by atoms with Crippen LogP contribution in [0.4, 0.5) is 0 Å². The predicted molar refractivity (Wildman–Crippen MR) is 30.8 cm³/mol. The first-order chi connectivity index (χ1) is 3.39. The summed E-state index contributed by atoms with van der Waals surface area (Å²) in [7, 11) is 0. The fraction of sp³-hybridized carbons (Fsp3) is 0.286. The van der Waals surface area contributed by atoms with E-state index >= 15 is 0 Å². The molecule has 0 heterocycles. The molecule has 0 bridgehead atoms. The van der Waals surface area contributed by atoms with Gasteiger partial charge in [-0.25, -0.2) is 0 Å². The van der Waals surface area contributed by atoms with E-state index in [0.29, 0.717) is 0 Å². The Bertz CT molecular complexity index is 107. The first kappa shape index (κ1) is 4.63. The SMILES string of the molecule is [CH]C1=CCC=CC1. The molecule has 2 radical (unpaired) electrons. The van der Waals surface area contributed by atoms with Crippen LogP contribution in [-0.2, 0) is 0 Å². The molecule has 0 aromatic carbocycles. The van der Waals surface area contributed by atoms with Crippen LogP contribution >= 0.6 is 0 Å². The van der Waals surface area contributed by atoms with Gasteiger partial charge in [-0.1, -0.05) is 23.8 Å². The third-order valence-electron chi connectivity index (χ3n) is 1.04. The molecule has 0 N–H and O–H groups in total. The quantitative estimate of drug-likeness (QED) is 0.401. The molecule has 36 valence electrons. The fourth-order valence-corrected chi connectivity index (χ4v) is 0.618. The van der Waals surface area contributed by atoms with E-state index in [-0.39, 0.29) is 0 Å². The van der Waals surface area contributed by atoms with Crippen molar-refractivity contribution in [3.63, 3.8) is 0 Å². The molecule has 0 aromatic rings. The zero-order valence-electron chi connectivity index (χ0n) is 4.22. The zero-order valence-corrected chi connectivity index (χ0v) is 4.22. The normalized spacial score (nSPS) is 19.3. The Kier molecular flexibility index (Phi) is 1.30. The van der Waals surface area contributed by atoms with Gasteiger partial charge >= 0.3 is 0 Å². The highest BCUT2D eigenvalue weighted by Crippen LogP contribution is 2.07. The van der Waals surface area contributed by atoms with E-state index in [1.807, 2.05) is 6.08 Å². The van der Waals surface area contributed by atoms with Crippen molar-refractivity contribution < 1.29 is 0 Å². The van der Waals surface area contributed by atoms with Gasteiger partial charge in [-0.2, -0.15) is 0 Å². The molecule has 0 spiro atoms. The molecular formula is C7H8. The first-order valence-electron chi connectivity index (χ1n) is 2.49. The highest BCUT2D eigenvalue weighted by atomic mass is 13.9. The summed E-state index contributed by atoms with van der Waals surface area (Å²) >= 11 is 0. The van der Waals surface area contributed by atoms with Crippen LogP contribution in [0.2, 0.25) is 0 Å². The maximum absolute atomic E-state index is 5.44. The topological polar surface area (TPSA) is 0 Å². The highest BCUT2D eigenvalue weighted by Gasteiger charge is 1.87. The van der Waals surface area contributed by atoms with Crippen molar-refractivity contribution in [3.05, 3.63) is 30.7 Å². The second-order valence-electron chi connectivity index (χ2n) is 1.69. The first-order valence-corrected chi connectivity index (χ1v) is 2.49. The minimum atomic E-state index is 0.944. The lowest BCUT2D eigenvalue weighted by Crippen LogP contribution is -1.77. The van der Waals surface area contributed by atoms with Crippen LogP contribution < -0.4 is 0 Å². The summed E-state index contributed by atoms with van der Waals surface area (Å²) in [4.78, 5) is 0. The van der Waals surface area contributed by atoms with Crippen LogP contribution in [0.5, 0.6) is 0 Å². The van der Waals surface area contributed by atoms with Crippen LogP contribution in [0.3, 0.4) is 0 Å². The molecule has 0 atom stereocenters. The Morgan fingerprint density at radius 3 is 2.57 bits per heavy atom. The maximum atomic E-state index is 5.44. The van der Waals surface area contributed by atoms with E-state index in [4.69, 9.17) is 6.92 Å². The minimum absolute atomic E-state index is 0.944. The summed E-state index contributed by atoms with van der Waals surface area (Å²) in [6.45, 7) is 5.44. The molecule has 0 fully saturated rings. The van der Waals surface area contributed by atoms with Gasteiger partial charge in [-0.3, -0.25) is 0 Å². The van der Waals surface area contributed by atoms with Gasteiger partial charge < -0.3 is 0 Å². The Hall–Kier alpha value is -0.520. The van der Waals surface area contributed by atoms with E-state index in [1.54, 1.807) is 0 Å². The van der Waals surface area contributed by atoms with Gasteiger partial charge in [0.2, 0.25) is 0 Å². The lowest BCUT2D eigenvalue weighted by Gasteiger charge is -1.97. The van der Waals surface area contributed by atoms with E-state index in [1.165, 1.54) is 0 Å².